The third-order valence-electron chi connectivity index (χ3n) is 2.63. The van der Waals surface area contributed by atoms with E-state index in [1.807, 2.05) is 0 Å². The number of alkyl halides is 3. The lowest BCUT2D eigenvalue weighted by Crippen LogP contribution is -2.41. The fourth-order valence-electron chi connectivity index (χ4n) is 1.58. The lowest BCUT2D eigenvalue weighted by Gasteiger charge is -2.25. The van der Waals surface area contributed by atoms with E-state index in [0.717, 1.165) is 0 Å². The third kappa shape index (κ3) is 4.57. The molecule has 0 aliphatic heterocycles. The van der Waals surface area contributed by atoms with Crippen LogP contribution in [0.5, 0.6) is 0 Å². The molecule has 4 nitrogen and oxygen atoms in total. The molecule has 0 spiro atoms. The topological polar surface area (TPSA) is 55.4 Å². The Labute approximate surface area is 109 Å². The number of hydrogen-bond donors (Lipinski definition) is 1. The zero-order valence-electron chi connectivity index (χ0n) is 10.7. The summed E-state index contributed by atoms with van der Waals surface area (Å²) < 4.78 is 41.6. The number of rotatable bonds is 3. The number of hydrogen-bond acceptors (Lipinski definition) is 3. The van der Waals surface area contributed by atoms with E-state index in [9.17, 15) is 22.8 Å². The molecule has 1 aliphatic rings. The van der Waals surface area contributed by atoms with Crippen LogP contribution in [-0.4, -0.2) is 24.2 Å². The minimum Gasteiger partial charge on any atom is -0.456 e. The van der Waals surface area contributed by atoms with Gasteiger partial charge in [-0.1, -0.05) is 19.9 Å². The van der Waals surface area contributed by atoms with Gasteiger partial charge in [-0.05, 0) is 19.3 Å². The normalized spacial score (nSPS) is 19.9. The van der Waals surface area contributed by atoms with Gasteiger partial charge in [0.25, 0.3) is 0 Å². The summed E-state index contributed by atoms with van der Waals surface area (Å²) in [4.78, 5) is 22.3. The Hall–Kier alpha value is -1.53. The van der Waals surface area contributed by atoms with Crippen LogP contribution in [0.3, 0.4) is 0 Å². The van der Waals surface area contributed by atoms with Crippen LogP contribution < -0.4 is 5.32 Å². The van der Waals surface area contributed by atoms with Crippen molar-refractivity contribution in [2.45, 2.75) is 45.4 Å². The number of carbonyl (C=O) groups excluding carboxylic acids is 2. The molecular formula is C12H16F3NO3. The molecule has 0 aromatic rings. The first kappa shape index (κ1) is 15.5. The van der Waals surface area contributed by atoms with Crippen molar-refractivity contribution in [2.75, 3.05) is 0 Å². The van der Waals surface area contributed by atoms with E-state index in [1.54, 1.807) is 19.2 Å². The molecule has 0 aromatic heterocycles. The Balaban J connectivity index is 2.71. The molecule has 0 bridgehead atoms. The lowest BCUT2D eigenvalue weighted by molar-refractivity contribution is -0.173. The Morgan fingerprint density at radius 2 is 2.05 bits per heavy atom. The van der Waals surface area contributed by atoms with Crippen molar-refractivity contribution in [3.8, 4) is 0 Å². The quantitative estimate of drug-likeness (QED) is 0.806. The maximum atomic E-state index is 12.2. The van der Waals surface area contributed by atoms with E-state index < -0.39 is 24.2 Å². The second kappa shape index (κ2) is 6.08. The molecule has 1 rings (SSSR count). The van der Waals surface area contributed by atoms with Gasteiger partial charge in [0.15, 0.2) is 0 Å². The third-order valence-corrected chi connectivity index (χ3v) is 2.63. The smallest absolute Gasteiger partial charge is 0.456 e. The molecule has 1 unspecified atom stereocenters. The highest BCUT2D eigenvalue weighted by atomic mass is 19.4. The molecule has 0 aromatic carbocycles. The highest BCUT2D eigenvalue weighted by molar-refractivity contribution is 5.83. The van der Waals surface area contributed by atoms with Gasteiger partial charge in [0.1, 0.15) is 6.10 Å². The Kier molecular flexibility index (Phi) is 4.97. The van der Waals surface area contributed by atoms with Crippen LogP contribution in [0, 0.1) is 5.92 Å². The van der Waals surface area contributed by atoms with E-state index in [-0.39, 0.29) is 11.6 Å². The van der Waals surface area contributed by atoms with Crippen molar-refractivity contribution in [3.63, 3.8) is 0 Å². The average Bonchev–Trinajstić information content (AvgIpc) is 2.30. The molecule has 108 valence electrons. The van der Waals surface area contributed by atoms with Crippen molar-refractivity contribution >= 4 is 11.9 Å². The standard InChI is InChI=1S/C12H16F3NO3/c1-7(2)10(17)19-9-6-4-3-5-8(9)16-11(18)12(13,14)15/h5,7,9H,3-4,6H2,1-2H3,(H,16,18). The largest absolute Gasteiger partial charge is 0.471 e. The molecular weight excluding hydrogens is 263 g/mol. The van der Waals surface area contributed by atoms with Gasteiger partial charge in [-0.15, -0.1) is 0 Å². The summed E-state index contributed by atoms with van der Waals surface area (Å²) in [7, 11) is 0. The van der Waals surface area contributed by atoms with Gasteiger partial charge in [-0.2, -0.15) is 13.2 Å². The van der Waals surface area contributed by atoms with E-state index in [0.29, 0.717) is 19.3 Å². The molecule has 1 N–H and O–H groups in total. The lowest BCUT2D eigenvalue weighted by atomic mass is 10.0. The predicted octanol–water partition coefficient (Wildman–Crippen LogP) is 2.30. The second-order valence-electron chi connectivity index (χ2n) is 4.62. The maximum Gasteiger partial charge on any atom is 0.471 e. The Bertz CT molecular complexity index is 388. The predicted molar refractivity (Wildman–Crippen MR) is 60.8 cm³/mol. The van der Waals surface area contributed by atoms with Crippen molar-refractivity contribution in [1.29, 1.82) is 0 Å². The molecule has 0 saturated heterocycles. The Morgan fingerprint density at radius 3 is 2.58 bits per heavy atom. The summed E-state index contributed by atoms with van der Waals surface area (Å²) in [5, 5.41) is 1.77. The van der Waals surface area contributed by atoms with Gasteiger partial charge in [-0.3, -0.25) is 9.59 Å². The van der Waals surface area contributed by atoms with Crippen LogP contribution in [-0.2, 0) is 14.3 Å². The zero-order valence-corrected chi connectivity index (χ0v) is 10.7. The monoisotopic (exact) mass is 279 g/mol. The van der Waals surface area contributed by atoms with E-state index in [4.69, 9.17) is 4.74 Å². The minimum absolute atomic E-state index is 0.0163. The van der Waals surface area contributed by atoms with Gasteiger partial charge >= 0.3 is 18.1 Å². The van der Waals surface area contributed by atoms with Crippen molar-refractivity contribution < 1.29 is 27.5 Å². The number of amides is 1. The summed E-state index contributed by atoms with van der Waals surface area (Å²) in [5.74, 6) is -2.92. The SMILES string of the molecule is CC(C)C(=O)OC1CCCC=C1NC(=O)C(F)(F)F. The first-order chi connectivity index (χ1) is 8.71. The van der Waals surface area contributed by atoms with Crippen LogP contribution in [0.15, 0.2) is 11.8 Å². The molecule has 19 heavy (non-hydrogen) atoms. The van der Waals surface area contributed by atoms with E-state index in [1.165, 1.54) is 6.08 Å². The molecule has 0 saturated carbocycles. The van der Waals surface area contributed by atoms with Crippen LogP contribution in [0.2, 0.25) is 0 Å². The molecule has 7 heteroatoms. The van der Waals surface area contributed by atoms with Gasteiger partial charge in [0.2, 0.25) is 0 Å². The molecule has 0 radical (unpaired) electrons. The average molecular weight is 279 g/mol. The Morgan fingerprint density at radius 1 is 1.42 bits per heavy atom. The van der Waals surface area contributed by atoms with Crippen LogP contribution in [0.4, 0.5) is 13.2 Å². The van der Waals surface area contributed by atoms with Crippen LogP contribution in [0.25, 0.3) is 0 Å². The second-order valence-corrected chi connectivity index (χ2v) is 4.62. The summed E-state index contributed by atoms with van der Waals surface area (Å²) in [5.41, 5.74) is 0.0163. The molecule has 1 atom stereocenters. The zero-order chi connectivity index (χ0) is 14.6. The number of carbonyl (C=O) groups is 2. The van der Waals surface area contributed by atoms with Gasteiger partial charge < -0.3 is 10.1 Å². The van der Waals surface area contributed by atoms with Crippen molar-refractivity contribution in [3.05, 3.63) is 11.8 Å². The first-order valence-electron chi connectivity index (χ1n) is 6.00. The molecule has 0 heterocycles. The van der Waals surface area contributed by atoms with Crippen molar-refractivity contribution in [1.82, 2.24) is 5.32 Å². The van der Waals surface area contributed by atoms with E-state index in [2.05, 4.69) is 0 Å². The fourth-order valence-corrected chi connectivity index (χ4v) is 1.58. The molecule has 1 aliphatic carbocycles. The summed E-state index contributed by atoms with van der Waals surface area (Å²) in [6.07, 6.45) is -2.65. The van der Waals surface area contributed by atoms with Gasteiger partial charge in [0.05, 0.1) is 11.6 Å². The van der Waals surface area contributed by atoms with Crippen molar-refractivity contribution in [2.24, 2.45) is 5.92 Å². The van der Waals surface area contributed by atoms with Gasteiger partial charge in [-0.25, -0.2) is 0 Å². The molecule has 0 fully saturated rings. The van der Waals surface area contributed by atoms with E-state index >= 15 is 0 Å². The minimum atomic E-state index is -4.95. The summed E-state index contributed by atoms with van der Waals surface area (Å²) in [6.45, 7) is 3.26. The number of esters is 1. The first-order valence-corrected chi connectivity index (χ1v) is 6.00. The highest BCUT2D eigenvalue weighted by Gasteiger charge is 2.40. The van der Waals surface area contributed by atoms with Crippen LogP contribution in [0.1, 0.15) is 33.1 Å². The highest BCUT2D eigenvalue weighted by Crippen LogP contribution is 2.23. The number of ether oxygens (including phenoxy) is 1. The maximum absolute atomic E-state index is 12.2. The number of allylic oxidation sites excluding steroid dienone is 1. The number of nitrogens with one attached hydrogen (secondary N) is 1. The van der Waals surface area contributed by atoms with Crippen LogP contribution >= 0.6 is 0 Å². The number of halogens is 3. The van der Waals surface area contributed by atoms with Gasteiger partial charge in [0, 0.05) is 0 Å². The molecule has 1 amide bonds. The summed E-state index contributed by atoms with van der Waals surface area (Å²) >= 11 is 0. The summed E-state index contributed by atoms with van der Waals surface area (Å²) in [6, 6.07) is 0. The fraction of sp³-hybridized carbons (Fsp3) is 0.667.